The Morgan fingerprint density at radius 1 is 0.512 bits per heavy atom. The van der Waals surface area contributed by atoms with Crippen molar-refractivity contribution < 1.29 is 0 Å². The maximum absolute atomic E-state index is 4.85. The summed E-state index contributed by atoms with van der Waals surface area (Å²) in [5.74, 6) is 1.60. The molecule has 194 valence electrons. The summed E-state index contributed by atoms with van der Waals surface area (Å²) >= 11 is 0. The molecule has 0 N–H and O–H groups in total. The Hall–Kier alpha value is -5.29. The lowest BCUT2D eigenvalue weighted by molar-refractivity contribution is 0.660. The molecule has 3 aromatic heterocycles. The van der Waals surface area contributed by atoms with Gasteiger partial charge in [0.1, 0.15) is 11.4 Å². The van der Waals surface area contributed by atoms with Gasteiger partial charge in [-0.05, 0) is 92.5 Å². The molecule has 0 fully saturated rings. The minimum Gasteiger partial charge on any atom is -0.253 e. The zero-order chi connectivity index (χ0) is 27.7. The first-order valence-corrected chi connectivity index (χ1v) is 13.7. The van der Waals surface area contributed by atoms with E-state index in [1.54, 1.807) is 12.4 Å². The molecule has 3 aromatic carbocycles. The highest BCUT2D eigenvalue weighted by Crippen LogP contribution is 2.54. The molecule has 0 saturated heterocycles. The summed E-state index contributed by atoms with van der Waals surface area (Å²) in [6.45, 7) is 9.18. The van der Waals surface area contributed by atoms with Gasteiger partial charge in [0.2, 0.25) is 0 Å². The largest absolute Gasteiger partial charge is 0.253 e. The second-order valence-electron chi connectivity index (χ2n) is 11.1. The molecule has 0 saturated carbocycles. The molecule has 0 spiro atoms. The van der Waals surface area contributed by atoms with Crippen molar-refractivity contribution in [1.29, 1.82) is 0 Å². The molecule has 41 heavy (non-hydrogen) atoms. The van der Waals surface area contributed by atoms with E-state index in [0.29, 0.717) is 28.9 Å². The first-order valence-electron chi connectivity index (χ1n) is 13.7. The van der Waals surface area contributed by atoms with E-state index in [-0.39, 0.29) is 5.41 Å². The standard InChI is InChI=1S/C36H25N5/c1-21-25-18-22(33-39-34(31-12-6-8-16-37-31)41-35(40-33)32-13-7-9-17-38-32)14-15-23(25)27-20-30-28(19-26(21)27)24-10-4-5-11-29(24)36(30,2)3/h4-20H,1H2,2-3H3. The molecule has 8 rings (SSSR count). The monoisotopic (exact) mass is 527 g/mol. The number of aromatic nitrogens is 5. The molecule has 3 heterocycles. The average Bonchev–Trinajstić information content (AvgIpc) is 3.43. The van der Waals surface area contributed by atoms with E-state index in [1.807, 2.05) is 36.4 Å². The summed E-state index contributed by atoms with van der Waals surface area (Å²) in [6, 6.07) is 31.3. The molecule has 0 atom stereocenters. The first kappa shape index (κ1) is 23.6. The van der Waals surface area contributed by atoms with Crippen LogP contribution in [-0.4, -0.2) is 24.9 Å². The minimum absolute atomic E-state index is 0.0559. The van der Waals surface area contributed by atoms with Crippen LogP contribution in [0, 0.1) is 0 Å². The fourth-order valence-electron chi connectivity index (χ4n) is 6.26. The minimum atomic E-state index is -0.0559. The third-order valence-corrected chi connectivity index (χ3v) is 8.36. The normalized spacial score (nSPS) is 13.9. The summed E-state index contributed by atoms with van der Waals surface area (Å²) < 4.78 is 0. The number of pyridine rings is 2. The van der Waals surface area contributed by atoms with Crippen molar-refractivity contribution >= 4 is 5.57 Å². The van der Waals surface area contributed by atoms with Gasteiger partial charge in [-0.3, -0.25) is 9.97 Å². The third kappa shape index (κ3) is 3.52. The Morgan fingerprint density at radius 3 is 1.83 bits per heavy atom. The van der Waals surface area contributed by atoms with Crippen molar-refractivity contribution in [1.82, 2.24) is 24.9 Å². The first-order chi connectivity index (χ1) is 20.0. The smallest absolute Gasteiger partial charge is 0.182 e. The Kier molecular flexibility index (Phi) is 4.95. The SMILES string of the molecule is C=C1c2cc(-c3nc(-c4ccccn4)nc(-c4ccccn4)n3)ccc2-c2cc3c(cc21)-c1ccccc1C3(C)C. The van der Waals surface area contributed by atoms with Crippen molar-refractivity contribution in [2.75, 3.05) is 0 Å². The Labute approximate surface area is 238 Å². The van der Waals surface area contributed by atoms with Gasteiger partial charge in [-0.1, -0.05) is 69.0 Å². The van der Waals surface area contributed by atoms with Crippen LogP contribution in [0.3, 0.4) is 0 Å². The average molecular weight is 528 g/mol. The van der Waals surface area contributed by atoms with Gasteiger partial charge < -0.3 is 0 Å². The van der Waals surface area contributed by atoms with Gasteiger partial charge >= 0.3 is 0 Å². The lowest BCUT2D eigenvalue weighted by Crippen LogP contribution is -2.14. The van der Waals surface area contributed by atoms with Crippen LogP contribution in [0.5, 0.6) is 0 Å². The van der Waals surface area contributed by atoms with Gasteiger partial charge in [0.15, 0.2) is 17.5 Å². The van der Waals surface area contributed by atoms with E-state index in [2.05, 4.69) is 85.0 Å². The fraction of sp³-hybridized carbons (Fsp3) is 0.0833. The third-order valence-electron chi connectivity index (χ3n) is 8.36. The van der Waals surface area contributed by atoms with Crippen molar-refractivity contribution in [2.45, 2.75) is 19.3 Å². The Bertz CT molecular complexity index is 1970. The van der Waals surface area contributed by atoms with E-state index in [4.69, 9.17) is 15.0 Å². The van der Waals surface area contributed by atoms with Crippen molar-refractivity contribution in [3.05, 3.63) is 132 Å². The second kappa shape index (κ2) is 8.60. The number of hydrogen-bond acceptors (Lipinski definition) is 5. The molecule has 0 unspecified atom stereocenters. The van der Waals surface area contributed by atoms with Gasteiger partial charge in [-0.25, -0.2) is 15.0 Å². The van der Waals surface area contributed by atoms with Crippen LogP contribution in [0.1, 0.15) is 36.1 Å². The number of fused-ring (bicyclic) bond motifs is 6. The lowest BCUT2D eigenvalue weighted by atomic mass is 9.81. The molecule has 0 radical (unpaired) electrons. The quantitative estimate of drug-likeness (QED) is 0.233. The van der Waals surface area contributed by atoms with Crippen LogP contribution in [0.4, 0.5) is 0 Å². The van der Waals surface area contributed by atoms with Gasteiger partial charge in [0, 0.05) is 23.4 Å². The van der Waals surface area contributed by atoms with Gasteiger partial charge in [-0.2, -0.15) is 0 Å². The molecular formula is C36H25N5. The van der Waals surface area contributed by atoms with Gasteiger partial charge in [-0.15, -0.1) is 0 Å². The van der Waals surface area contributed by atoms with Crippen molar-refractivity contribution in [3.63, 3.8) is 0 Å². The van der Waals surface area contributed by atoms with E-state index < -0.39 is 0 Å². The Balaban J connectivity index is 1.27. The van der Waals surface area contributed by atoms with Crippen LogP contribution in [-0.2, 0) is 5.41 Å². The molecule has 0 amide bonds. The zero-order valence-electron chi connectivity index (χ0n) is 22.8. The molecule has 0 bridgehead atoms. The molecule has 5 nitrogen and oxygen atoms in total. The van der Waals surface area contributed by atoms with E-state index in [1.165, 1.54) is 38.9 Å². The van der Waals surface area contributed by atoms with E-state index in [9.17, 15) is 0 Å². The molecule has 0 aliphatic heterocycles. The summed E-state index contributed by atoms with van der Waals surface area (Å²) in [5.41, 5.74) is 13.3. The predicted octanol–water partition coefficient (Wildman–Crippen LogP) is 8.01. The molecule has 5 heteroatoms. The topological polar surface area (TPSA) is 64.5 Å². The molecule has 2 aliphatic carbocycles. The van der Waals surface area contributed by atoms with Gasteiger partial charge in [0.25, 0.3) is 0 Å². The van der Waals surface area contributed by atoms with E-state index >= 15 is 0 Å². The van der Waals surface area contributed by atoms with Crippen LogP contribution < -0.4 is 0 Å². The fourth-order valence-corrected chi connectivity index (χ4v) is 6.26. The van der Waals surface area contributed by atoms with E-state index in [0.717, 1.165) is 16.7 Å². The maximum atomic E-state index is 4.85. The lowest BCUT2D eigenvalue weighted by Gasteiger charge is -2.22. The number of nitrogens with zero attached hydrogens (tertiary/aromatic N) is 5. The highest BCUT2D eigenvalue weighted by molar-refractivity contribution is 6.03. The molecular weight excluding hydrogens is 502 g/mol. The van der Waals surface area contributed by atoms with Crippen LogP contribution >= 0.6 is 0 Å². The summed E-state index contributed by atoms with van der Waals surface area (Å²) in [7, 11) is 0. The number of rotatable bonds is 3. The highest BCUT2D eigenvalue weighted by Gasteiger charge is 2.37. The zero-order valence-corrected chi connectivity index (χ0v) is 22.8. The highest BCUT2D eigenvalue weighted by atomic mass is 15.1. The molecule has 6 aromatic rings. The van der Waals surface area contributed by atoms with Gasteiger partial charge in [0.05, 0.1) is 0 Å². The van der Waals surface area contributed by atoms with Crippen LogP contribution in [0.25, 0.3) is 62.3 Å². The second-order valence-corrected chi connectivity index (χ2v) is 11.1. The Morgan fingerprint density at radius 2 is 1.15 bits per heavy atom. The number of hydrogen-bond donors (Lipinski definition) is 0. The van der Waals surface area contributed by atoms with Crippen molar-refractivity contribution in [2.24, 2.45) is 0 Å². The summed E-state index contributed by atoms with van der Waals surface area (Å²) in [6.07, 6.45) is 3.49. The summed E-state index contributed by atoms with van der Waals surface area (Å²) in [5, 5.41) is 0. The summed E-state index contributed by atoms with van der Waals surface area (Å²) in [4.78, 5) is 23.4. The number of benzene rings is 3. The van der Waals surface area contributed by atoms with Crippen LogP contribution in [0.15, 0.2) is 110 Å². The maximum Gasteiger partial charge on any atom is 0.182 e. The molecule has 2 aliphatic rings. The van der Waals surface area contributed by atoms with Crippen molar-refractivity contribution in [3.8, 4) is 56.7 Å². The van der Waals surface area contributed by atoms with Crippen LogP contribution in [0.2, 0.25) is 0 Å². The predicted molar refractivity (Wildman–Crippen MR) is 163 cm³/mol.